The van der Waals surface area contributed by atoms with Crippen molar-refractivity contribution in [3.05, 3.63) is 75.5 Å². The smallest absolute Gasteiger partial charge is 0.280 e. The Morgan fingerprint density at radius 3 is 2.64 bits per heavy atom. The molecule has 3 aromatic rings. The van der Waals surface area contributed by atoms with E-state index in [2.05, 4.69) is 17.0 Å². The summed E-state index contributed by atoms with van der Waals surface area (Å²) in [6.45, 7) is 3.89. The maximum atomic E-state index is 12.5. The molecule has 1 aromatic heterocycles. The summed E-state index contributed by atoms with van der Waals surface area (Å²) in [4.78, 5) is 12.5. The van der Waals surface area contributed by atoms with Crippen molar-refractivity contribution in [3.63, 3.8) is 0 Å². The molecule has 0 unspecified atom stereocenters. The van der Waals surface area contributed by atoms with E-state index in [0.717, 1.165) is 11.4 Å². The molecular weight excluding hydrogens is 276 g/mol. The zero-order valence-electron chi connectivity index (χ0n) is 11.9. The normalized spacial score (nSPS) is 11.5. The van der Waals surface area contributed by atoms with Crippen LogP contribution in [0.5, 0.6) is 0 Å². The first kappa shape index (κ1) is 13.8. The first-order chi connectivity index (χ1) is 10.6. The largest absolute Gasteiger partial charge is 0.399 e. The Morgan fingerprint density at radius 2 is 1.91 bits per heavy atom. The standard InChI is InChI=1S/C17H16N4O/c1-12-16(11-19-14-7-5-6-13(18)10-14)17(22)21(20-12)15-8-3-2-4-9-15/h2-11,19-20H,1,18H2. The average Bonchev–Trinajstić information content (AvgIpc) is 2.81. The van der Waals surface area contributed by atoms with E-state index in [-0.39, 0.29) is 5.56 Å². The maximum Gasteiger partial charge on any atom is 0.280 e. The molecule has 1 heterocycles. The van der Waals surface area contributed by atoms with E-state index in [9.17, 15) is 4.79 Å². The number of anilines is 2. The van der Waals surface area contributed by atoms with Crippen molar-refractivity contribution < 1.29 is 0 Å². The summed E-state index contributed by atoms with van der Waals surface area (Å²) >= 11 is 0. The number of rotatable bonds is 3. The lowest BCUT2D eigenvalue weighted by atomic mass is 10.3. The summed E-state index contributed by atoms with van der Waals surface area (Å²) in [7, 11) is 0. The molecule has 22 heavy (non-hydrogen) atoms. The van der Waals surface area contributed by atoms with Crippen molar-refractivity contribution in [2.24, 2.45) is 0 Å². The number of H-pyrrole nitrogens is 1. The summed E-state index contributed by atoms with van der Waals surface area (Å²) in [5.41, 5.74) is 7.80. The quantitative estimate of drug-likeness (QED) is 0.631. The van der Waals surface area contributed by atoms with Crippen LogP contribution < -0.4 is 27.2 Å². The van der Waals surface area contributed by atoms with Crippen molar-refractivity contribution in [2.45, 2.75) is 0 Å². The predicted molar refractivity (Wildman–Crippen MR) is 90.1 cm³/mol. The minimum Gasteiger partial charge on any atom is -0.399 e. The number of aromatic nitrogens is 2. The van der Waals surface area contributed by atoms with E-state index in [0.29, 0.717) is 16.3 Å². The summed E-state index contributed by atoms with van der Waals surface area (Å²) in [6.07, 6.45) is 1.63. The number of hydrogen-bond donors (Lipinski definition) is 3. The van der Waals surface area contributed by atoms with Gasteiger partial charge in [-0.05, 0) is 30.3 Å². The molecule has 5 heteroatoms. The lowest BCUT2D eigenvalue weighted by molar-refractivity contribution is 0.838. The van der Waals surface area contributed by atoms with E-state index < -0.39 is 0 Å². The molecule has 0 aliphatic rings. The lowest BCUT2D eigenvalue weighted by Gasteiger charge is -2.00. The Bertz CT molecular complexity index is 954. The van der Waals surface area contributed by atoms with Gasteiger partial charge in [-0.15, -0.1) is 0 Å². The molecule has 110 valence electrons. The first-order valence-electron chi connectivity index (χ1n) is 6.83. The SMILES string of the molecule is C=c1[nH]n(-c2ccccc2)c(=O)c1=CNc1cccc(N)c1. The van der Waals surface area contributed by atoms with Crippen molar-refractivity contribution in [2.75, 3.05) is 11.1 Å². The number of nitrogens with zero attached hydrogens (tertiary/aromatic N) is 1. The van der Waals surface area contributed by atoms with Gasteiger partial charge >= 0.3 is 0 Å². The summed E-state index contributed by atoms with van der Waals surface area (Å²) < 4.78 is 1.47. The minimum absolute atomic E-state index is 0.160. The second-order valence-electron chi connectivity index (χ2n) is 4.89. The number of benzene rings is 2. The molecule has 0 saturated carbocycles. The van der Waals surface area contributed by atoms with Crippen LogP contribution in [0.3, 0.4) is 0 Å². The second kappa shape index (κ2) is 5.65. The van der Waals surface area contributed by atoms with Crippen LogP contribution in [0.15, 0.2) is 59.4 Å². The number of nitrogen functional groups attached to an aromatic ring is 1. The van der Waals surface area contributed by atoms with Gasteiger partial charge in [-0.3, -0.25) is 9.89 Å². The fraction of sp³-hybridized carbons (Fsp3) is 0. The molecule has 5 nitrogen and oxygen atoms in total. The molecule has 2 aromatic carbocycles. The highest BCUT2D eigenvalue weighted by Gasteiger charge is 2.03. The van der Waals surface area contributed by atoms with Crippen LogP contribution in [0.4, 0.5) is 11.4 Å². The van der Waals surface area contributed by atoms with E-state index in [1.54, 1.807) is 18.3 Å². The van der Waals surface area contributed by atoms with E-state index in [1.165, 1.54) is 4.68 Å². The van der Waals surface area contributed by atoms with Gasteiger partial charge in [0.1, 0.15) is 0 Å². The average molecular weight is 292 g/mol. The van der Waals surface area contributed by atoms with Crippen molar-refractivity contribution in [3.8, 4) is 5.69 Å². The third-order valence-electron chi connectivity index (χ3n) is 3.29. The summed E-state index contributed by atoms with van der Waals surface area (Å²) in [5, 5.41) is 7.07. The summed E-state index contributed by atoms with van der Waals surface area (Å²) in [6, 6.07) is 16.7. The lowest BCUT2D eigenvalue weighted by Crippen LogP contribution is -2.34. The Kier molecular flexibility index (Phi) is 3.53. The number of nitrogens with one attached hydrogen (secondary N) is 2. The van der Waals surface area contributed by atoms with Gasteiger partial charge in [0.2, 0.25) is 0 Å². The first-order valence-corrected chi connectivity index (χ1v) is 6.83. The van der Waals surface area contributed by atoms with Crippen molar-refractivity contribution >= 4 is 24.2 Å². The van der Waals surface area contributed by atoms with Gasteiger partial charge in [-0.25, -0.2) is 4.68 Å². The predicted octanol–water partition coefficient (Wildman–Crippen LogP) is 1.01. The topological polar surface area (TPSA) is 75.8 Å². The molecule has 0 atom stereocenters. The molecule has 3 rings (SSSR count). The van der Waals surface area contributed by atoms with Gasteiger partial charge in [0.15, 0.2) is 0 Å². The number of aromatic amines is 1. The fourth-order valence-electron chi connectivity index (χ4n) is 2.19. The number of hydrogen-bond acceptors (Lipinski definition) is 3. The minimum atomic E-state index is -0.160. The second-order valence-corrected chi connectivity index (χ2v) is 4.89. The van der Waals surface area contributed by atoms with Gasteiger partial charge in [0, 0.05) is 17.6 Å². The Balaban J connectivity index is 2.02. The van der Waals surface area contributed by atoms with Crippen LogP contribution >= 0.6 is 0 Å². The third kappa shape index (κ3) is 2.64. The molecule has 4 N–H and O–H groups in total. The molecule has 0 amide bonds. The number of para-hydroxylation sites is 1. The zero-order valence-corrected chi connectivity index (χ0v) is 11.9. The van der Waals surface area contributed by atoms with Crippen LogP contribution in [0.2, 0.25) is 0 Å². The monoisotopic (exact) mass is 292 g/mol. The van der Waals surface area contributed by atoms with Gasteiger partial charge in [0.05, 0.1) is 16.3 Å². The van der Waals surface area contributed by atoms with Crippen LogP contribution in [-0.4, -0.2) is 9.78 Å². The highest BCUT2D eigenvalue weighted by molar-refractivity contribution is 5.60. The molecular formula is C17H16N4O. The van der Waals surface area contributed by atoms with Crippen LogP contribution in [0.25, 0.3) is 18.5 Å². The zero-order chi connectivity index (χ0) is 15.5. The van der Waals surface area contributed by atoms with Crippen LogP contribution in [0.1, 0.15) is 0 Å². The fourth-order valence-corrected chi connectivity index (χ4v) is 2.19. The molecule has 0 radical (unpaired) electrons. The van der Waals surface area contributed by atoms with Gasteiger partial charge in [0.25, 0.3) is 5.56 Å². The molecule has 0 bridgehead atoms. The molecule has 0 aliphatic heterocycles. The maximum absolute atomic E-state index is 12.5. The molecule has 0 aliphatic carbocycles. The number of nitrogens with two attached hydrogens (primary N) is 1. The molecule has 0 saturated heterocycles. The Labute approximate surface area is 127 Å². The van der Waals surface area contributed by atoms with E-state index >= 15 is 0 Å². The highest BCUT2D eigenvalue weighted by atomic mass is 16.1. The summed E-state index contributed by atoms with van der Waals surface area (Å²) in [5.74, 6) is 0. The Hall–Kier alpha value is -3.21. The molecule has 0 fully saturated rings. The van der Waals surface area contributed by atoms with Crippen LogP contribution in [0, 0.1) is 0 Å². The van der Waals surface area contributed by atoms with E-state index in [4.69, 9.17) is 5.73 Å². The Morgan fingerprint density at radius 1 is 1.14 bits per heavy atom. The molecule has 0 spiro atoms. The van der Waals surface area contributed by atoms with Gasteiger partial charge in [-0.2, -0.15) is 0 Å². The van der Waals surface area contributed by atoms with Crippen molar-refractivity contribution in [1.82, 2.24) is 9.78 Å². The highest BCUT2D eigenvalue weighted by Crippen LogP contribution is 2.11. The van der Waals surface area contributed by atoms with Crippen molar-refractivity contribution in [1.29, 1.82) is 0 Å². The van der Waals surface area contributed by atoms with E-state index in [1.807, 2.05) is 42.5 Å². The van der Waals surface area contributed by atoms with Gasteiger partial charge in [-0.1, -0.05) is 30.8 Å². The van der Waals surface area contributed by atoms with Gasteiger partial charge < -0.3 is 11.1 Å². The third-order valence-corrected chi connectivity index (χ3v) is 3.29. The van der Waals surface area contributed by atoms with Crippen LogP contribution in [-0.2, 0) is 0 Å².